The van der Waals surface area contributed by atoms with Gasteiger partial charge in [-0.3, -0.25) is 4.98 Å². The highest BCUT2D eigenvalue weighted by atomic mass is 16.6. The lowest BCUT2D eigenvalue weighted by Gasteiger charge is -1.95. The summed E-state index contributed by atoms with van der Waals surface area (Å²) in [7, 11) is 0. The fourth-order valence-electron chi connectivity index (χ4n) is 1.28. The molecule has 1 fully saturated rings. The third-order valence-corrected chi connectivity index (χ3v) is 2.00. The zero-order chi connectivity index (χ0) is 7.90. The Bertz CT molecular complexity index is 256. The average Bonchev–Trinajstić information content (AvgIpc) is 2.62. The number of aromatic nitrogens is 1. The topological polar surface area (TPSA) is 25.4 Å². The van der Waals surface area contributed by atoms with Gasteiger partial charge < -0.3 is 4.74 Å². The maximum Gasteiger partial charge on any atom is 0.112 e. The van der Waals surface area contributed by atoms with Gasteiger partial charge in [0.1, 0.15) is 6.10 Å². The van der Waals surface area contributed by atoms with Crippen molar-refractivity contribution in [3.63, 3.8) is 0 Å². The SMILES string of the molecule is CC1(C)OC1c1ccncc1. The van der Waals surface area contributed by atoms with Gasteiger partial charge in [-0.2, -0.15) is 0 Å². The molecular formula is C9H11NO. The Hall–Kier alpha value is -0.890. The number of hydrogen-bond donors (Lipinski definition) is 0. The number of nitrogens with zero attached hydrogens (tertiary/aromatic N) is 1. The van der Waals surface area contributed by atoms with Crippen LogP contribution >= 0.6 is 0 Å². The van der Waals surface area contributed by atoms with Crippen molar-refractivity contribution in [3.8, 4) is 0 Å². The van der Waals surface area contributed by atoms with Crippen LogP contribution in [0.3, 0.4) is 0 Å². The smallest absolute Gasteiger partial charge is 0.112 e. The van der Waals surface area contributed by atoms with Crippen molar-refractivity contribution in [2.24, 2.45) is 0 Å². The summed E-state index contributed by atoms with van der Waals surface area (Å²) < 4.78 is 5.46. The van der Waals surface area contributed by atoms with E-state index in [0.29, 0.717) is 0 Å². The van der Waals surface area contributed by atoms with Crippen molar-refractivity contribution in [2.75, 3.05) is 0 Å². The molecule has 0 radical (unpaired) electrons. The minimum atomic E-state index is 0.0430. The molecule has 2 heteroatoms. The van der Waals surface area contributed by atoms with Crippen LogP contribution in [0.4, 0.5) is 0 Å². The van der Waals surface area contributed by atoms with Crippen molar-refractivity contribution in [1.82, 2.24) is 4.98 Å². The van der Waals surface area contributed by atoms with Gasteiger partial charge in [0, 0.05) is 12.4 Å². The molecule has 1 aliphatic rings. The molecule has 1 aromatic rings. The monoisotopic (exact) mass is 149 g/mol. The van der Waals surface area contributed by atoms with E-state index in [9.17, 15) is 0 Å². The zero-order valence-electron chi connectivity index (χ0n) is 6.74. The van der Waals surface area contributed by atoms with Gasteiger partial charge in [-0.05, 0) is 31.5 Å². The normalized spacial score (nSPS) is 26.5. The molecule has 1 atom stereocenters. The van der Waals surface area contributed by atoms with Crippen LogP contribution in [0, 0.1) is 0 Å². The van der Waals surface area contributed by atoms with Crippen molar-refractivity contribution in [2.45, 2.75) is 25.6 Å². The molecule has 1 aliphatic heterocycles. The highest BCUT2D eigenvalue weighted by Crippen LogP contribution is 2.48. The van der Waals surface area contributed by atoms with Crippen molar-refractivity contribution in [3.05, 3.63) is 30.1 Å². The zero-order valence-corrected chi connectivity index (χ0v) is 6.74. The summed E-state index contributed by atoms with van der Waals surface area (Å²) in [5, 5.41) is 0. The highest BCUT2D eigenvalue weighted by molar-refractivity contribution is 5.21. The lowest BCUT2D eigenvalue weighted by atomic mass is 10.0. The first-order valence-corrected chi connectivity index (χ1v) is 3.78. The molecule has 0 aliphatic carbocycles. The lowest BCUT2D eigenvalue weighted by molar-refractivity contribution is 0.325. The van der Waals surface area contributed by atoms with E-state index in [0.717, 1.165) is 0 Å². The first kappa shape index (κ1) is 6.80. The first-order valence-electron chi connectivity index (χ1n) is 3.78. The van der Waals surface area contributed by atoms with Crippen LogP contribution in [-0.2, 0) is 4.74 Å². The summed E-state index contributed by atoms with van der Waals surface area (Å²) in [5.74, 6) is 0. The molecule has 2 nitrogen and oxygen atoms in total. The average molecular weight is 149 g/mol. The van der Waals surface area contributed by atoms with Crippen LogP contribution in [0.1, 0.15) is 25.5 Å². The summed E-state index contributed by atoms with van der Waals surface area (Å²) in [6.45, 7) is 4.19. The van der Waals surface area contributed by atoms with Crippen LogP contribution in [-0.4, -0.2) is 10.6 Å². The van der Waals surface area contributed by atoms with Crippen molar-refractivity contribution < 1.29 is 4.74 Å². The van der Waals surface area contributed by atoms with E-state index in [4.69, 9.17) is 4.74 Å². The summed E-state index contributed by atoms with van der Waals surface area (Å²) in [4.78, 5) is 3.95. The van der Waals surface area contributed by atoms with E-state index in [-0.39, 0.29) is 11.7 Å². The largest absolute Gasteiger partial charge is 0.362 e. The maximum absolute atomic E-state index is 5.46. The van der Waals surface area contributed by atoms with E-state index in [1.807, 2.05) is 12.1 Å². The maximum atomic E-state index is 5.46. The summed E-state index contributed by atoms with van der Waals surface area (Å²) >= 11 is 0. The van der Waals surface area contributed by atoms with E-state index in [1.165, 1.54) is 5.56 Å². The Balaban J connectivity index is 2.21. The molecule has 2 heterocycles. The van der Waals surface area contributed by atoms with E-state index in [1.54, 1.807) is 12.4 Å². The number of pyridine rings is 1. The van der Waals surface area contributed by atoms with Crippen molar-refractivity contribution in [1.29, 1.82) is 0 Å². The predicted octanol–water partition coefficient (Wildman–Crippen LogP) is 1.93. The Morgan fingerprint density at radius 2 is 1.91 bits per heavy atom. The molecule has 0 amide bonds. The van der Waals surface area contributed by atoms with Crippen LogP contribution < -0.4 is 0 Å². The molecule has 2 rings (SSSR count). The molecule has 0 N–H and O–H groups in total. The van der Waals surface area contributed by atoms with Gasteiger partial charge in [0.05, 0.1) is 5.60 Å². The van der Waals surface area contributed by atoms with Crippen LogP contribution in [0.2, 0.25) is 0 Å². The summed E-state index contributed by atoms with van der Waals surface area (Å²) in [6.07, 6.45) is 3.88. The molecule has 0 bridgehead atoms. The van der Waals surface area contributed by atoms with E-state index >= 15 is 0 Å². The van der Waals surface area contributed by atoms with Gasteiger partial charge in [0.15, 0.2) is 0 Å². The third-order valence-electron chi connectivity index (χ3n) is 2.00. The summed E-state index contributed by atoms with van der Waals surface area (Å²) in [6, 6.07) is 4.00. The molecule has 1 aromatic heterocycles. The van der Waals surface area contributed by atoms with E-state index < -0.39 is 0 Å². The van der Waals surface area contributed by atoms with Gasteiger partial charge in [0.2, 0.25) is 0 Å². The minimum Gasteiger partial charge on any atom is -0.362 e. The predicted molar refractivity (Wildman–Crippen MR) is 42.1 cm³/mol. The minimum absolute atomic E-state index is 0.0430. The Morgan fingerprint density at radius 1 is 1.36 bits per heavy atom. The second-order valence-electron chi connectivity index (χ2n) is 3.38. The highest BCUT2D eigenvalue weighted by Gasteiger charge is 2.48. The van der Waals surface area contributed by atoms with Gasteiger partial charge in [-0.15, -0.1) is 0 Å². The molecule has 0 aromatic carbocycles. The molecule has 11 heavy (non-hydrogen) atoms. The molecule has 1 saturated heterocycles. The van der Waals surface area contributed by atoms with Gasteiger partial charge in [-0.25, -0.2) is 0 Å². The Morgan fingerprint density at radius 3 is 2.36 bits per heavy atom. The Kier molecular flexibility index (Phi) is 1.26. The molecule has 58 valence electrons. The molecular weight excluding hydrogens is 138 g/mol. The van der Waals surface area contributed by atoms with E-state index in [2.05, 4.69) is 18.8 Å². The Labute approximate surface area is 66.2 Å². The summed E-state index contributed by atoms with van der Waals surface area (Å²) in [5.41, 5.74) is 1.27. The van der Waals surface area contributed by atoms with Crippen LogP contribution in [0.5, 0.6) is 0 Å². The third kappa shape index (κ3) is 1.14. The molecule has 0 saturated carbocycles. The molecule has 1 unspecified atom stereocenters. The van der Waals surface area contributed by atoms with Crippen LogP contribution in [0.25, 0.3) is 0 Å². The first-order chi connectivity index (χ1) is 5.20. The quantitative estimate of drug-likeness (QED) is 0.570. The number of epoxide rings is 1. The molecule has 0 spiro atoms. The van der Waals surface area contributed by atoms with Gasteiger partial charge in [-0.1, -0.05) is 0 Å². The van der Waals surface area contributed by atoms with Crippen molar-refractivity contribution >= 4 is 0 Å². The number of hydrogen-bond acceptors (Lipinski definition) is 2. The van der Waals surface area contributed by atoms with Gasteiger partial charge >= 0.3 is 0 Å². The van der Waals surface area contributed by atoms with Crippen LogP contribution in [0.15, 0.2) is 24.5 Å². The number of rotatable bonds is 1. The fraction of sp³-hybridized carbons (Fsp3) is 0.444. The standard InChI is InChI=1S/C9H11NO/c1-9(2)8(11-9)7-3-5-10-6-4-7/h3-6,8H,1-2H3. The second-order valence-corrected chi connectivity index (χ2v) is 3.38. The fourth-order valence-corrected chi connectivity index (χ4v) is 1.28. The lowest BCUT2D eigenvalue weighted by Crippen LogP contribution is -1.97. The second kappa shape index (κ2) is 2.05. The van der Waals surface area contributed by atoms with Gasteiger partial charge in [0.25, 0.3) is 0 Å². The number of ether oxygens (including phenoxy) is 1.